The highest BCUT2D eigenvalue weighted by Crippen LogP contribution is 2.26. The van der Waals surface area contributed by atoms with Crippen LogP contribution in [0.1, 0.15) is 23.6 Å². The van der Waals surface area contributed by atoms with Crippen molar-refractivity contribution in [1.29, 1.82) is 0 Å². The number of benzene rings is 2. The van der Waals surface area contributed by atoms with Crippen molar-refractivity contribution in [2.24, 2.45) is 5.73 Å². The second kappa shape index (κ2) is 6.92. The SMILES string of the molecule is Cc1cccc(CC(C)N)c1OCc1ccc(Cl)cc1F. The Labute approximate surface area is 129 Å². The van der Waals surface area contributed by atoms with E-state index in [1.807, 2.05) is 32.0 Å². The molecule has 0 saturated carbocycles. The van der Waals surface area contributed by atoms with Crippen LogP contribution in [0, 0.1) is 12.7 Å². The van der Waals surface area contributed by atoms with Crippen molar-refractivity contribution in [2.75, 3.05) is 0 Å². The van der Waals surface area contributed by atoms with Gasteiger partial charge in [0, 0.05) is 16.6 Å². The molecule has 4 heteroatoms. The van der Waals surface area contributed by atoms with E-state index in [9.17, 15) is 4.39 Å². The number of para-hydroxylation sites is 1. The third-order valence-electron chi connectivity index (χ3n) is 3.22. The molecule has 1 unspecified atom stereocenters. The predicted molar refractivity (Wildman–Crippen MR) is 84.3 cm³/mol. The summed E-state index contributed by atoms with van der Waals surface area (Å²) in [6.45, 7) is 4.09. The maximum atomic E-state index is 13.8. The van der Waals surface area contributed by atoms with Crippen molar-refractivity contribution < 1.29 is 9.13 Å². The third kappa shape index (κ3) is 4.19. The van der Waals surface area contributed by atoms with E-state index in [1.165, 1.54) is 6.07 Å². The Hall–Kier alpha value is -1.58. The lowest BCUT2D eigenvalue weighted by Gasteiger charge is -2.16. The normalized spacial score (nSPS) is 12.2. The molecule has 1 atom stereocenters. The first-order valence-electron chi connectivity index (χ1n) is 6.88. The molecule has 0 aliphatic heterocycles. The maximum Gasteiger partial charge on any atom is 0.131 e. The van der Waals surface area contributed by atoms with Gasteiger partial charge in [0.1, 0.15) is 18.2 Å². The van der Waals surface area contributed by atoms with Gasteiger partial charge in [0.05, 0.1) is 0 Å². The van der Waals surface area contributed by atoms with E-state index in [0.717, 1.165) is 23.3 Å². The molecule has 112 valence electrons. The lowest BCUT2D eigenvalue weighted by atomic mass is 10.0. The lowest BCUT2D eigenvalue weighted by molar-refractivity contribution is 0.294. The fourth-order valence-electron chi connectivity index (χ4n) is 2.22. The van der Waals surface area contributed by atoms with Crippen LogP contribution in [0.15, 0.2) is 36.4 Å². The van der Waals surface area contributed by atoms with E-state index in [0.29, 0.717) is 10.6 Å². The van der Waals surface area contributed by atoms with Crippen molar-refractivity contribution in [3.8, 4) is 5.75 Å². The minimum absolute atomic E-state index is 0.0430. The minimum Gasteiger partial charge on any atom is -0.488 e. The molecule has 0 radical (unpaired) electrons. The highest BCUT2D eigenvalue weighted by Gasteiger charge is 2.10. The topological polar surface area (TPSA) is 35.2 Å². The average molecular weight is 308 g/mol. The summed E-state index contributed by atoms with van der Waals surface area (Å²) >= 11 is 5.75. The zero-order chi connectivity index (χ0) is 15.4. The van der Waals surface area contributed by atoms with E-state index in [1.54, 1.807) is 12.1 Å². The van der Waals surface area contributed by atoms with Gasteiger partial charge in [-0.3, -0.25) is 0 Å². The molecule has 2 N–H and O–H groups in total. The van der Waals surface area contributed by atoms with Crippen molar-refractivity contribution in [1.82, 2.24) is 0 Å². The molecule has 2 nitrogen and oxygen atoms in total. The van der Waals surface area contributed by atoms with Gasteiger partial charge in [0.15, 0.2) is 0 Å². The Morgan fingerprint density at radius 1 is 1.24 bits per heavy atom. The minimum atomic E-state index is -0.357. The van der Waals surface area contributed by atoms with Gasteiger partial charge in [-0.05, 0) is 43.5 Å². The van der Waals surface area contributed by atoms with Crippen molar-refractivity contribution in [3.05, 3.63) is 63.9 Å². The van der Waals surface area contributed by atoms with Gasteiger partial charge >= 0.3 is 0 Å². The molecular formula is C17H19ClFNO. The Balaban J connectivity index is 2.19. The fraction of sp³-hybridized carbons (Fsp3) is 0.294. The number of hydrogen-bond donors (Lipinski definition) is 1. The Morgan fingerprint density at radius 2 is 2.00 bits per heavy atom. The number of nitrogens with two attached hydrogens (primary N) is 1. The van der Waals surface area contributed by atoms with E-state index in [2.05, 4.69) is 0 Å². The zero-order valence-corrected chi connectivity index (χ0v) is 13.0. The van der Waals surface area contributed by atoms with Gasteiger partial charge in [-0.1, -0.05) is 35.9 Å². The molecule has 0 heterocycles. The van der Waals surface area contributed by atoms with Crippen LogP contribution >= 0.6 is 11.6 Å². The smallest absolute Gasteiger partial charge is 0.131 e. The number of halogens is 2. The van der Waals surface area contributed by atoms with Crippen molar-refractivity contribution >= 4 is 11.6 Å². The molecule has 0 spiro atoms. The largest absolute Gasteiger partial charge is 0.488 e. The predicted octanol–water partition coefficient (Wildman–Crippen LogP) is 4.26. The van der Waals surface area contributed by atoms with Crippen LogP contribution in [0.4, 0.5) is 4.39 Å². The molecule has 0 aliphatic carbocycles. The summed E-state index contributed by atoms with van der Waals surface area (Å²) < 4.78 is 19.6. The van der Waals surface area contributed by atoms with Gasteiger partial charge in [0.25, 0.3) is 0 Å². The van der Waals surface area contributed by atoms with Gasteiger partial charge in [-0.2, -0.15) is 0 Å². The van der Waals surface area contributed by atoms with E-state index >= 15 is 0 Å². The first-order chi connectivity index (χ1) is 9.97. The quantitative estimate of drug-likeness (QED) is 0.896. The summed E-state index contributed by atoms with van der Waals surface area (Å²) in [4.78, 5) is 0. The average Bonchev–Trinajstić information content (AvgIpc) is 2.39. The third-order valence-corrected chi connectivity index (χ3v) is 3.46. The van der Waals surface area contributed by atoms with Gasteiger partial charge in [0.2, 0.25) is 0 Å². The number of rotatable bonds is 5. The van der Waals surface area contributed by atoms with Crippen LogP contribution in [-0.2, 0) is 13.0 Å². The number of ether oxygens (including phenoxy) is 1. The zero-order valence-electron chi connectivity index (χ0n) is 12.2. The second-order valence-electron chi connectivity index (χ2n) is 5.27. The van der Waals surface area contributed by atoms with Gasteiger partial charge < -0.3 is 10.5 Å². The summed E-state index contributed by atoms with van der Waals surface area (Å²) in [5, 5.41) is 0.379. The molecule has 0 amide bonds. The van der Waals surface area contributed by atoms with E-state index < -0.39 is 0 Å². The Bertz CT molecular complexity index is 628. The molecule has 2 rings (SSSR count). The molecule has 0 bridgehead atoms. The van der Waals surface area contributed by atoms with E-state index in [-0.39, 0.29) is 18.5 Å². The highest BCUT2D eigenvalue weighted by molar-refractivity contribution is 6.30. The van der Waals surface area contributed by atoms with Crippen molar-refractivity contribution in [2.45, 2.75) is 32.9 Å². The Kier molecular flexibility index (Phi) is 5.21. The lowest BCUT2D eigenvalue weighted by Crippen LogP contribution is -2.18. The first kappa shape index (κ1) is 15.8. The maximum absolute atomic E-state index is 13.8. The Morgan fingerprint density at radius 3 is 2.67 bits per heavy atom. The summed E-state index contributed by atoms with van der Waals surface area (Å²) in [5.41, 5.74) is 8.40. The highest BCUT2D eigenvalue weighted by atomic mass is 35.5. The second-order valence-corrected chi connectivity index (χ2v) is 5.71. The molecular weight excluding hydrogens is 289 g/mol. The van der Waals surface area contributed by atoms with Crippen LogP contribution in [0.3, 0.4) is 0 Å². The first-order valence-corrected chi connectivity index (χ1v) is 7.26. The van der Waals surface area contributed by atoms with Crippen LogP contribution in [0.5, 0.6) is 5.75 Å². The standard InChI is InChI=1S/C17H19ClFNO/c1-11-4-3-5-13(8-12(2)20)17(11)21-10-14-6-7-15(18)9-16(14)19/h3-7,9,12H,8,10,20H2,1-2H3. The molecule has 21 heavy (non-hydrogen) atoms. The molecule has 0 aromatic heterocycles. The number of hydrogen-bond acceptors (Lipinski definition) is 2. The summed E-state index contributed by atoms with van der Waals surface area (Å²) in [6, 6.07) is 10.6. The molecule has 0 fully saturated rings. The summed E-state index contributed by atoms with van der Waals surface area (Å²) in [6.07, 6.45) is 0.722. The monoisotopic (exact) mass is 307 g/mol. The molecule has 0 aliphatic rings. The summed E-state index contributed by atoms with van der Waals surface area (Å²) in [5.74, 6) is 0.425. The molecule has 2 aromatic carbocycles. The fourth-order valence-corrected chi connectivity index (χ4v) is 2.37. The summed E-state index contributed by atoms with van der Waals surface area (Å²) in [7, 11) is 0. The van der Waals surface area contributed by atoms with Crippen LogP contribution in [0.2, 0.25) is 5.02 Å². The van der Waals surface area contributed by atoms with Gasteiger partial charge in [-0.15, -0.1) is 0 Å². The molecule has 0 saturated heterocycles. The van der Waals surface area contributed by atoms with E-state index in [4.69, 9.17) is 22.1 Å². The van der Waals surface area contributed by atoms with Crippen molar-refractivity contribution in [3.63, 3.8) is 0 Å². The molecule has 2 aromatic rings. The van der Waals surface area contributed by atoms with Gasteiger partial charge in [-0.25, -0.2) is 4.39 Å². The van der Waals surface area contributed by atoms with Crippen LogP contribution in [0.25, 0.3) is 0 Å². The van der Waals surface area contributed by atoms with Crippen LogP contribution < -0.4 is 10.5 Å². The number of aryl methyl sites for hydroxylation is 1. The van der Waals surface area contributed by atoms with Crippen LogP contribution in [-0.4, -0.2) is 6.04 Å².